The number of aryl methyl sites for hydroxylation is 1. The van der Waals surface area contributed by atoms with E-state index >= 15 is 0 Å². The van der Waals surface area contributed by atoms with Gasteiger partial charge in [-0.25, -0.2) is 0 Å². The summed E-state index contributed by atoms with van der Waals surface area (Å²) in [5.74, 6) is -0.790. The van der Waals surface area contributed by atoms with Gasteiger partial charge in [0.25, 0.3) is 5.91 Å². The standard InChI is InChI=1S/C31H43N7O5/c1-35-25-18-21(2-3-23(25)28(34-35)24-4-5-26(39)33-29(24)41)20-6-12-38(13-7-20)30(42)31(43)10-16-36(17-11-31)19-27(40)37-14-8-22(32)9-15-37/h2-3,18,20,22,24,43H,4-17,19,32H2,1H3,(H,33,39,41). The van der Waals surface area contributed by atoms with Crippen molar-refractivity contribution in [3.8, 4) is 0 Å². The first-order chi connectivity index (χ1) is 20.6. The third-order valence-electron chi connectivity index (χ3n) is 10.1. The molecule has 4 amide bonds. The van der Waals surface area contributed by atoms with Gasteiger partial charge in [0.05, 0.1) is 23.7 Å². The van der Waals surface area contributed by atoms with Gasteiger partial charge in [-0.05, 0) is 62.5 Å². The summed E-state index contributed by atoms with van der Waals surface area (Å²) < 4.78 is 1.80. The lowest BCUT2D eigenvalue weighted by Crippen LogP contribution is -2.57. The number of likely N-dealkylation sites (tertiary alicyclic amines) is 3. The van der Waals surface area contributed by atoms with Crippen LogP contribution in [0.15, 0.2) is 18.2 Å². The number of aromatic nitrogens is 2. The first-order valence-electron chi connectivity index (χ1n) is 15.7. The van der Waals surface area contributed by atoms with Crippen LogP contribution in [0.25, 0.3) is 10.9 Å². The zero-order chi connectivity index (χ0) is 30.3. The minimum Gasteiger partial charge on any atom is -0.380 e. The molecule has 4 aliphatic heterocycles. The molecule has 4 fully saturated rings. The van der Waals surface area contributed by atoms with Crippen LogP contribution >= 0.6 is 0 Å². The van der Waals surface area contributed by atoms with Crippen molar-refractivity contribution in [1.29, 1.82) is 0 Å². The molecule has 4 aliphatic rings. The number of piperidine rings is 4. The maximum atomic E-state index is 13.4. The van der Waals surface area contributed by atoms with Crippen LogP contribution in [0, 0.1) is 0 Å². The van der Waals surface area contributed by atoms with Gasteiger partial charge in [0, 0.05) is 64.2 Å². The van der Waals surface area contributed by atoms with Gasteiger partial charge in [0.1, 0.15) is 5.60 Å². The van der Waals surface area contributed by atoms with E-state index in [1.807, 2.05) is 22.9 Å². The topological polar surface area (TPSA) is 154 Å². The number of fused-ring (bicyclic) bond motifs is 1. The third kappa shape index (κ3) is 6.05. The number of nitrogens with two attached hydrogens (primary N) is 1. The molecule has 6 rings (SSSR count). The Bertz CT molecular complexity index is 1400. The molecule has 1 aromatic heterocycles. The highest BCUT2D eigenvalue weighted by Gasteiger charge is 2.43. The van der Waals surface area contributed by atoms with Gasteiger partial charge in [-0.1, -0.05) is 12.1 Å². The van der Waals surface area contributed by atoms with Crippen molar-refractivity contribution in [2.45, 2.75) is 74.8 Å². The minimum atomic E-state index is -1.38. The van der Waals surface area contributed by atoms with Crippen molar-refractivity contribution in [2.24, 2.45) is 12.8 Å². The van der Waals surface area contributed by atoms with E-state index in [4.69, 9.17) is 5.73 Å². The van der Waals surface area contributed by atoms with Crippen LogP contribution in [-0.2, 0) is 26.2 Å². The van der Waals surface area contributed by atoms with E-state index in [1.165, 1.54) is 5.56 Å². The number of amides is 4. The highest BCUT2D eigenvalue weighted by atomic mass is 16.3. The molecule has 232 valence electrons. The summed E-state index contributed by atoms with van der Waals surface area (Å²) >= 11 is 0. The molecule has 0 radical (unpaired) electrons. The average molecular weight is 594 g/mol. The summed E-state index contributed by atoms with van der Waals surface area (Å²) in [6, 6.07) is 6.41. The summed E-state index contributed by atoms with van der Waals surface area (Å²) in [4.78, 5) is 56.0. The molecular formula is C31H43N7O5. The normalized spacial score (nSPS) is 24.4. The number of carbonyl (C=O) groups excluding carboxylic acids is 4. The Balaban J connectivity index is 1.03. The fraction of sp³-hybridized carbons (Fsp3) is 0.645. The molecule has 0 spiro atoms. The molecule has 12 heteroatoms. The zero-order valence-corrected chi connectivity index (χ0v) is 25.0. The summed E-state index contributed by atoms with van der Waals surface area (Å²) in [5.41, 5.74) is 7.39. The Morgan fingerprint density at radius 2 is 1.67 bits per heavy atom. The Hall–Kier alpha value is -3.35. The SMILES string of the molecule is Cn1nc(C2CCC(=O)NC2=O)c2ccc(C3CCN(C(=O)C4(O)CCN(CC(=O)N5CCC(N)CC5)CC4)CC3)cc21. The Morgan fingerprint density at radius 3 is 2.35 bits per heavy atom. The van der Waals surface area contributed by atoms with Crippen molar-refractivity contribution < 1.29 is 24.3 Å². The number of carbonyl (C=O) groups is 4. The van der Waals surface area contributed by atoms with Crippen molar-refractivity contribution in [2.75, 3.05) is 45.8 Å². The number of nitrogens with zero attached hydrogens (tertiary/aromatic N) is 5. The van der Waals surface area contributed by atoms with E-state index in [1.54, 1.807) is 9.58 Å². The van der Waals surface area contributed by atoms with E-state index in [0.29, 0.717) is 77.2 Å². The quantitative estimate of drug-likeness (QED) is 0.426. The lowest BCUT2D eigenvalue weighted by molar-refractivity contribution is -0.158. The van der Waals surface area contributed by atoms with Crippen molar-refractivity contribution in [3.05, 3.63) is 29.5 Å². The molecule has 5 heterocycles. The van der Waals surface area contributed by atoms with Crippen LogP contribution in [-0.4, -0.2) is 111 Å². The highest BCUT2D eigenvalue weighted by molar-refractivity contribution is 6.02. The van der Waals surface area contributed by atoms with E-state index in [0.717, 1.165) is 36.6 Å². The third-order valence-corrected chi connectivity index (χ3v) is 10.1. The second-order valence-corrected chi connectivity index (χ2v) is 12.9. The molecule has 4 N–H and O–H groups in total. The molecule has 1 aromatic carbocycles. The number of nitrogens with one attached hydrogen (secondary N) is 1. The molecule has 1 unspecified atom stereocenters. The molecule has 2 aromatic rings. The van der Waals surface area contributed by atoms with E-state index < -0.39 is 11.5 Å². The highest BCUT2D eigenvalue weighted by Crippen LogP contribution is 2.35. The number of hydrogen-bond donors (Lipinski definition) is 3. The maximum Gasteiger partial charge on any atom is 0.254 e. The van der Waals surface area contributed by atoms with Crippen LogP contribution in [0.1, 0.15) is 74.5 Å². The van der Waals surface area contributed by atoms with Gasteiger partial charge >= 0.3 is 0 Å². The molecule has 0 bridgehead atoms. The number of benzene rings is 1. The first-order valence-corrected chi connectivity index (χ1v) is 15.7. The fourth-order valence-electron chi connectivity index (χ4n) is 7.21. The Morgan fingerprint density at radius 1 is 1.00 bits per heavy atom. The van der Waals surface area contributed by atoms with Gasteiger partial charge in [0.15, 0.2) is 0 Å². The summed E-state index contributed by atoms with van der Waals surface area (Å²) in [6.45, 7) is 3.91. The van der Waals surface area contributed by atoms with Crippen LogP contribution < -0.4 is 11.1 Å². The summed E-state index contributed by atoms with van der Waals surface area (Å²) in [5, 5.41) is 19.3. The van der Waals surface area contributed by atoms with Crippen LogP contribution in [0.4, 0.5) is 0 Å². The number of imide groups is 1. The van der Waals surface area contributed by atoms with Gasteiger partial charge in [-0.2, -0.15) is 5.10 Å². The lowest BCUT2D eigenvalue weighted by atomic mass is 9.85. The van der Waals surface area contributed by atoms with Gasteiger partial charge < -0.3 is 20.6 Å². The van der Waals surface area contributed by atoms with Crippen molar-refractivity contribution in [1.82, 2.24) is 29.8 Å². The van der Waals surface area contributed by atoms with Gasteiger partial charge in [0.2, 0.25) is 17.7 Å². The van der Waals surface area contributed by atoms with Gasteiger partial charge in [-0.15, -0.1) is 0 Å². The molecule has 0 aliphatic carbocycles. The fourth-order valence-corrected chi connectivity index (χ4v) is 7.21. The molecular weight excluding hydrogens is 550 g/mol. The van der Waals surface area contributed by atoms with E-state index in [9.17, 15) is 24.3 Å². The molecule has 12 nitrogen and oxygen atoms in total. The predicted octanol–water partition coefficient (Wildman–Crippen LogP) is 0.576. The summed E-state index contributed by atoms with van der Waals surface area (Å²) in [7, 11) is 1.87. The van der Waals surface area contributed by atoms with Crippen LogP contribution in [0.3, 0.4) is 0 Å². The maximum absolute atomic E-state index is 13.4. The first kappa shape index (κ1) is 29.7. The number of hydrogen-bond acceptors (Lipinski definition) is 8. The number of rotatable bonds is 5. The molecule has 43 heavy (non-hydrogen) atoms. The van der Waals surface area contributed by atoms with Crippen molar-refractivity contribution in [3.63, 3.8) is 0 Å². The molecule has 1 atom stereocenters. The van der Waals surface area contributed by atoms with Crippen molar-refractivity contribution >= 4 is 34.5 Å². The Kier molecular flexibility index (Phi) is 8.27. The van der Waals surface area contributed by atoms with Crippen LogP contribution in [0.2, 0.25) is 0 Å². The zero-order valence-electron chi connectivity index (χ0n) is 25.0. The number of aliphatic hydroxyl groups is 1. The smallest absolute Gasteiger partial charge is 0.254 e. The predicted molar refractivity (Wildman–Crippen MR) is 159 cm³/mol. The van der Waals surface area contributed by atoms with E-state index in [-0.39, 0.29) is 35.6 Å². The summed E-state index contributed by atoms with van der Waals surface area (Å²) in [6.07, 6.45) is 4.69. The van der Waals surface area contributed by atoms with E-state index in [2.05, 4.69) is 22.5 Å². The van der Waals surface area contributed by atoms with Crippen LogP contribution in [0.5, 0.6) is 0 Å². The van der Waals surface area contributed by atoms with Gasteiger partial charge in [-0.3, -0.25) is 34.1 Å². The largest absolute Gasteiger partial charge is 0.380 e. The lowest BCUT2D eigenvalue weighted by Gasteiger charge is -2.42. The second kappa shape index (κ2) is 12.0. The molecule has 0 saturated carbocycles. The monoisotopic (exact) mass is 593 g/mol. The Labute approximate surface area is 251 Å². The average Bonchev–Trinajstić information content (AvgIpc) is 3.33. The second-order valence-electron chi connectivity index (χ2n) is 12.9. The molecule has 4 saturated heterocycles. The minimum absolute atomic E-state index is 0.0993.